The average Bonchev–Trinajstić information content (AvgIpc) is 2.42. The molecule has 2 aromatic carbocycles. The molecule has 0 amide bonds. The summed E-state index contributed by atoms with van der Waals surface area (Å²) < 4.78 is 13.3. The number of halogens is 2. The van der Waals surface area contributed by atoms with Gasteiger partial charge in [0, 0.05) is 17.5 Å². The molecular formula is C16H17ClFNO. The van der Waals surface area contributed by atoms with E-state index in [9.17, 15) is 9.50 Å². The van der Waals surface area contributed by atoms with Crippen molar-refractivity contribution < 1.29 is 9.50 Å². The maximum atomic E-state index is 13.3. The molecule has 0 aliphatic heterocycles. The Morgan fingerprint density at radius 2 is 1.95 bits per heavy atom. The molecule has 106 valence electrons. The lowest BCUT2D eigenvalue weighted by Crippen LogP contribution is -2.21. The Hall–Kier alpha value is -1.42. The molecule has 0 aliphatic rings. The highest BCUT2D eigenvalue weighted by Gasteiger charge is 2.23. The molecule has 2 atom stereocenters. The zero-order valence-electron chi connectivity index (χ0n) is 11.2. The van der Waals surface area contributed by atoms with E-state index in [2.05, 4.69) is 0 Å². The molecule has 20 heavy (non-hydrogen) atoms. The van der Waals surface area contributed by atoms with Crippen molar-refractivity contribution in [1.82, 2.24) is 0 Å². The second kappa shape index (κ2) is 6.35. The second-order valence-corrected chi connectivity index (χ2v) is 5.20. The average molecular weight is 294 g/mol. The van der Waals surface area contributed by atoms with Gasteiger partial charge in [-0.05, 0) is 41.8 Å². The van der Waals surface area contributed by atoms with Gasteiger partial charge in [-0.2, -0.15) is 0 Å². The summed E-state index contributed by atoms with van der Waals surface area (Å²) in [6.07, 6.45) is -0.819. The maximum Gasteiger partial charge on any atom is 0.123 e. The molecule has 0 radical (unpaired) electrons. The lowest BCUT2D eigenvalue weighted by atomic mass is 9.87. The highest BCUT2D eigenvalue weighted by Crippen LogP contribution is 2.34. The summed E-state index contributed by atoms with van der Waals surface area (Å²) >= 11 is 6.07. The Balaban J connectivity index is 2.39. The molecule has 0 saturated heterocycles. The van der Waals surface area contributed by atoms with Crippen molar-refractivity contribution in [3.05, 3.63) is 70.0 Å². The number of benzene rings is 2. The van der Waals surface area contributed by atoms with Crippen LogP contribution in [0.25, 0.3) is 0 Å². The summed E-state index contributed by atoms with van der Waals surface area (Å²) in [4.78, 5) is 0. The third kappa shape index (κ3) is 3.01. The van der Waals surface area contributed by atoms with E-state index in [4.69, 9.17) is 17.3 Å². The van der Waals surface area contributed by atoms with Crippen molar-refractivity contribution >= 4 is 11.6 Å². The molecule has 0 aliphatic carbocycles. The van der Waals surface area contributed by atoms with E-state index in [0.29, 0.717) is 10.6 Å². The molecule has 0 bridgehead atoms. The Kier molecular flexibility index (Phi) is 4.76. The first-order chi connectivity index (χ1) is 9.54. The Morgan fingerprint density at radius 3 is 2.60 bits per heavy atom. The zero-order chi connectivity index (χ0) is 14.7. The third-order valence-corrected chi connectivity index (χ3v) is 3.95. The largest absolute Gasteiger partial charge is 0.388 e. The van der Waals surface area contributed by atoms with E-state index in [0.717, 1.165) is 11.1 Å². The summed E-state index contributed by atoms with van der Waals surface area (Å²) in [6.45, 7) is 2.07. The van der Waals surface area contributed by atoms with E-state index in [1.165, 1.54) is 12.1 Å². The van der Waals surface area contributed by atoms with Crippen molar-refractivity contribution in [3.63, 3.8) is 0 Å². The lowest BCUT2D eigenvalue weighted by Gasteiger charge is -2.24. The molecule has 2 nitrogen and oxygen atoms in total. The van der Waals surface area contributed by atoms with E-state index < -0.39 is 6.10 Å². The minimum atomic E-state index is -0.819. The fourth-order valence-electron chi connectivity index (χ4n) is 2.35. The van der Waals surface area contributed by atoms with Gasteiger partial charge in [0.2, 0.25) is 0 Å². The molecule has 3 N–H and O–H groups in total. The fourth-order valence-corrected chi connectivity index (χ4v) is 2.53. The molecule has 0 aromatic heterocycles. The Morgan fingerprint density at radius 1 is 1.25 bits per heavy atom. The summed E-state index contributed by atoms with van der Waals surface area (Å²) in [7, 11) is 0. The van der Waals surface area contributed by atoms with E-state index in [1.807, 2.05) is 13.0 Å². The normalized spacial score (nSPS) is 14.1. The number of hydrogen-bond donors (Lipinski definition) is 2. The topological polar surface area (TPSA) is 46.2 Å². The Bertz CT molecular complexity index is 603. The van der Waals surface area contributed by atoms with Crippen LogP contribution in [0, 0.1) is 12.7 Å². The minimum absolute atomic E-state index is 0.219. The number of nitrogens with two attached hydrogens (primary N) is 1. The number of aliphatic hydroxyl groups is 1. The van der Waals surface area contributed by atoms with Crippen molar-refractivity contribution in [2.45, 2.75) is 18.9 Å². The molecule has 2 rings (SSSR count). The first-order valence-corrected chi connectivity index (χ1v) is 6.81. The predicted octanol–water partition coefficient (Wildman–Crippen LogP) is 3.56. The van der Waals surface area contributed by atoms with Gasteiger partial charge >= 0.3 is 0 Å². The quantitative estimate of drug-likeness (QED) is 0.905. The highest BCUT2D eigenvalue weighted by molar-refractivity contribution is 6.31. The minimum Gasteiger partial charge on any atom is -0.388 e. The van der Waals surface area contributed by atoms with Crippen LogP contribution in [0.3, 0.4) is 0 Å². The summed E-state index contributed by atoms with van der Waals surface area (Å²) in [5.41, 5.74) is 7.98. The van der Waals surface area contributed by atoms with Crippen molar-refractivity contribution in [3.8, 4) is 0 Å². The van der Waals surface area contributed by atoms with Crippen LogP contribution >= 0.6 is 11.6 Å². The van der Waals surface area contributed by atoms with Gasteiger partial charge < -0.3 is 10.8 Å². The monoisotopic (exact) mass is 293 g/mol. The maximum absolute atomic E-state index is 13.3. The van der Waals surface area contributed by atoms with Crippen LogP contribution in [0.2, 0.25) is 5.02 Å². The zero-order valence-corrected chi connectivity index (χ0v) is 11.9. The standard InChI is InChI=1S/C16H17ClFNO/c1-10-13(6-3-7-15(10)17)16(20)14(9-19)11-4-2-5-12(18)8-11/h2-8,14,16,20H,9,19H2,1H3. The first-order valence-electron chi connectivity index (χ1n) is 6.43. The van der Waals surface area contributed by atoms with Crippen LogP contribution in [0.5, 0.6) is 0 Å². The van der Waals surface area contributed by atoms with Crippen molar-refractivity contribution in [1.29, 1.82) is 0 Å². The van der Waals surface area contributed by atoms with E-state index >= 15 is 0 Å². The van der Waals surface area contributed by atoms with Gasteiger partial charge in [-0.25, -0.2) is 4.39 Å². The van der Waals surface area contributed by atoms with Crippen molar-refractivity contribution in [2.24, 2.45) is 5.73 Å². The van der Waals surface area contributed by atoms with Crippen LogP contribution in [-0.2, 0) is 0 Å². The van der Waals surface area contributed by atoms with Crippen LogP contribution in [0.1, 0.15) is 28.7 Å². The van der Waals surface area contributed by atoms with Crippen LogP contribution in [-0.4, -0.2) is 11.7 Å². The lowest BCUT2D eigenvalue weighted by molar-refractivity contribution is 0.146. The highest BCUT2D eigenvalue weighted by atomic mass is 35.5. The van der Waals surface area contributed by atoms with Crippen LogP contribution in [0.4, 0.5) is 4.39 Å². The number of hydrogen-bond acceptors (Lipinski definition) is 2. The number of rotatable bonds is 4. The van der Waals surface area contributed by atoms with Crippen molar-refractivity contribution in [2.75, 3.05) is 6.54 Å². The van der Waals surface area contributed by atoms with E-state index in [1.54, 1.807) is 24.3 Å². The van der Waals surface area contributed by atoms with Gasteiger partial charge in [0.05, 0.1) is 6.10 Å². The van der Waals surface area contributed by atoms with Gasteiger partial charge in [0.15, 0.2) is 0 Å². The molecule has 2 aromatic rings. The first kappa shape index (κ1) is 15.0. The summed E-state index contributed by atoms with van der Waals surface area (Å²) in [6, 6.07) is 11.5. The fraction of sp³-hybridized carbons (Fsp3) is 0.250. The van der Waals surface area contributed by atoms with Gasteiger partial charge in [-0.15, -0.1) is 0 Å². The molecule has 0 spiro atoms. The molecule has 4 heteroatoms. The summed E-state index contributed by atoms with van der Waals surface area (Å²) in [5, 5.41) is 11.2. The summed E-state index contributed by atoms with van der Waals surface area (Å²) in [5.74, 6) is -0.709. The predicted molar refractivity (Wildman–Crippen MR) is 79.3 cm³/mol. The second-order valence-electron chi connectivity index (χ2n) is 4.80. The molecule has 2 unspecified atom stereocenters. The smallest absolute Gasteiger partial charge is 0.123 e. The van der Waals surface area contributed by atoms with E-state index in [-0.39, 0.29) is 18.3 Å². The SMILES string of the molecule is Cc1c(Cl)cccc1C(O)C(CN)c1cccc(F)c1. The number of aliphatic hydroxyl groups excluding tert-OH is 1. The van der Waals surface area contributed by atoms with Crippen LogP contribution < -0.4 is 5.73 Å². The Labute approximate surface area is 123 Å². The van der Waals surface area contributed by atoms with Crippen LogP contribution in [0.15, 0.2) is 42.5 Å². The molecular weight excluding hydrogens is 277 g/mol. The molecule has 0 saturated carbocycles. The van der Waals surface area contributed by atoms with Gasteiger partial charge in [0.25, 0.3) is 0 Å². The third-order valence-electron chi connectivity index (χ3n) is 3.54. The molecule has 0 fully saturated rings. The van der Waals surface area contributed by atoms with Gasteiger partial charge in [-0.1, -0.05) is 35.9 Å². The van der Waals surface area contributed by atoms with Gasteiger partial charge in [-0.3, -0.25) is 0 Å². The molecule has 0 heterocycles. The van der Waals surface area contributed by atoms with Gasteiger partial charge in [0.1, 0.15) is 5.82 Å².